The molecule has 1 aromatic carbocycles. The molecule has 2 aromatic rings. The summed E-state index contributed by atoms with van der Waals surface area (Å²) in [5, 5.41) is 12.5. The summed E-state index contributed by atoms with van der Waals surface area (Å²) >= 11 is 0. The van der Waals surface area contributed by atoms with Gasteiger partial charge in [0, 0.05) is 45.3 Å². The number of hydrogen-bond acceptors (Lipinski definition) is 8. The largest absolute Gasteiger partial charge is 0.493 e. The molecule has 0 saturated carbocycles. The van der Waals surface area contributed by atoms with Gasteiger partial charge in [0.15, 0.2) is 11.5 Å². The Morgan fingerprint density at radius 2 is 1.79 bits per heavy atom. The average Bonchev–Trinajstić information content (AvgIpc) is 2.72. The average molecular weight is 387 g/mol. The molecule has 0 spiro atoms. The molecule has 1 aliphatic rings. The lowest BCUT2D eigenvalue weighted by Gasteiger charge is -2.35. The number of nitrogens with one attached hydrogen (secondary N) is 1. The number of aryl methyl sites for hydroxylation is 1. The van der Waals surface area contributed by atoms with Gasteiger partial charge in [0.25, 0.3) is 0 Å². The van der Waals surface area contributed by atoms with Crippen molar-refractivity contribution in [2.45, 2.75) is 13.5 Å². The molecule has 8 nitrogen and oxygen atoms in total. The first-order valence-electron chi connectivity index (χ1n) is 9.51. The number of anilines is 2. The number of hydrogen-bond donors (Lipinski definition) is 2. The maximum Gasteiger partial charge on any atom is 0.161 e. The highest BCUT2D eigenvalue weighted by molar-refractivity contribution is 5.50. The molecule has 0 amide bonds. The summed E-state index contributed by atoms with van der Waals surface area (Å²) < 4.78 is 10.7. The Balaban J connectivity index is 1.65. The lowest BCUT2D eigenvalue weighted by Crippen LogP contribution is -2.47. The monoisotopic (exact) mass is 387 g/mol. The topological polar surface area (TPSA) is 83.0 Å². The lowest BCUT2D eigenvalue weighted by atomic mass is 10.2. The van der Waals surface area contributed by atoms with Crippen LogP contribution >= 0.6 is 0 Å². The van der Waals surface area contributed by atoms with Gasteiger partial charge in [-0.15, -0.1) is 0 Å². The third-order valence-electron chi connectivity index (χ3n) is 4.86. The van der Waals surface area contributed by atoms with Gasteiger partial charge in [0.1, 0.15) is 17.5 Å². The Kier molecular flexibility index (Phi) is 6.89. The van der Waals surface area contributed by atoms with E-state index in [1.165, 1.54) is 0 Å². The van der Waals surface area contributed by atoms with Gasteiger partial charge in [0.2, 0.25) is 0 Å². The molecule has 1 saturated heterocycles. The highest BCUT2D eigenvalue weighted by Crippen LogP contribution is 2.28. The van der Waals surface area contributed by atoms with Crippen LogP contribution in [0.1, 0.15) is 11.4 Å². The Bertz CT molecular complexity index is 778. The van der Waals surface area contributed by atoms with Crippen LogP contribution in [0.15, 0.2) is 24.3 Å². The number of nitrogens with zero attached hydrogens (tertiary/aromatic N) is 4. The fraction of sp³-hybridized carbons (Fsp3) is 0.500. The van der Waals surface area contributed by atoms with Crippen LogP contribution < -0.4 is 19.7 Å². The minimum absolute atomic E-state index is 0.205. The maximum atomic E-state index is 9.09. The van der Waals surface area contributed by atoms with E-state index in [4.69, 9.17) is 14.6 Å². The van der Waals surface area contributed by atoms with Crippen molar-refractivity contribution in [3.8, 4) is 11.5 Å². The van der Waals surface area contributed by atoms with E-state index in [-0.39, 0.29) is 6.61 Å². The Morgan fingerprint density at radius 1 is 1.04 bits per heavy atom. The van der Waals surface area contributed by atoms with Crippen LogP contribution in [0.25, 0.3) is 0 Å². The van der Waals surface area contributed by atoms with Crippen LogP contribution in [0.5, 0.6) is 11.5 Å². The summed E-state index contributed by atoms with van der Waals surface area (Å²) in [5.74, 6) is 3.90. The second-order valence-electron chi connectivity index (χ2n) is 6.75. The molecule has 152 valence electrons. The third-order valence-corrected chi connectivity index (χ3v) is 4.86. The van der Waals surface area contributed by atoms with Gasteiger partial charge in [-0.05, 0) is 24.6 Å². The van der Waals surface area contributed by atoms with Gasteiger partial charge >= 0.3 is 0 Å². The molecule has 2 heterocycles. The number of rotatable bonds is 8. The SMILES string of the molecule is COc1ccc(CNc2cc(N3CCN(CCO)CC3)nc(C)n2)cc1OC. The Hall–Kier alpha value is -2.58. The van der Waals surface area contributed by atoms with E-state index in [1.807, 2.05) is 31.2 Å². The maximum absolute atomic E-state index is 9.09. The zero-order chi connectivity index (χ0) is 19.9. The van der Waals surface area contributed by atoms with Gasteiger partial charge in [-0.1, -0.05) is 6.07 Å². The zero-order valence-electron chi connectivity index (χ0n) is 16.8. The quantitative estimate of drug-likeness (QED) is 0.706. The molecule has 0 bridgehead atoms. The highest BCUT2D eigenvalue weighted by atomic mass is 16.5. The highest BCUT2D eigenvalue weighted by Gasteiger charge is 2.18. The first kappa shape index (κ1) is 20.2. The number of ether oxygens (including phenoxy) is 2. The van der Waals surface area contributed by atoms with Crippen molar-refractivity contribution in [1.82, 2.24) is 14.9 Å². The van der Waals surface area contributed by atoms with Crippen molar-refractivity contribution < 1.29 is 14.6 Å². The molecule has 28 heavy (non-hydrogen) atoms. The number of aromatic nitrogens is 2. The molecule has 0 aliphatic carbocycles. The number of β-amino-alcohol motifs (C(OH)–C–C–N with tert-alkyl or cyclic N) is 1. The molecule has 0 radical (unpaired) electrons. The molecule has 3 rings (SSSR count). The second-order valence-corrected chi connectivity index (χ2v) is 6.75. The van der Waals surface area contributed by atoms with Crippen molar-refractivity contribution in [1.29, 1.82) is 0 Å². The molecular formula is C20H29N5O3. The summed E-state index contributed by atoms with van der Waals surface area (Å²) in [6.07, 6.45) is 0. The lowest BCUT2D eigenvalue weighted by molar-refractivity contribution is 0.188. The third kappa shape index (κ3) is 5.02. The second kappa shape index (κ2) is 9.57. The fourth-order valence-corrected chi connectivity index (χ4v) is 3.33. The van der Waals surface area contributed by atoms with Crippen LogP contribution in [0.4, 0.5) is 11.6 Å². The zero-order valence-corrected chi connectivity index (χ0v) is 16.8. The number of aliphatic hydroxyl groups is 1. The van der Waals surface area contributed by atoms with Gasteiger partial charge < -0.3 is 24.8 Å². The first-order chi connectivity index (χ1) is 13.6. The van der Waals surface area contributed by atoms with E-state index in [2.05, 4.69) is 25.1 Å². The molecule has 1 aliphatic heterocycles. The number of methoxy groups -OCH3 is 2. The fourth-order valence-electron chi connectivity index (χ4n) is 3.33. The van der Waals surface area contributed by atoms with Crippen LogP contribution in [0.3, 0.4) is 0 Å². The predicted molar refractivity (Wildman–Crippen MR) is 109 cm³/mol. The number of piperazine rings is 1. The minimum atomic E-state index is 0.205. The summed E-state index contributed by atoms with van der Waals surface area (Å²) in [6.45, 7) is 7.12. The number of aliphatic hydroxyl groups excluding tert-OH is 1. The smallest absolute Gasteiger partial charge is 0.161 e. The molecule has 1 fully saturated rings. The molecular weight excluding hydrogens is 358 g/mol. The number of benzene rings is 1. The summed E-state index contributed by atoms with van der Waals surface area (Å²) in [4.78, 5) is 13.7. The van der Waals surface area contributed by atoms with E-state index < -0.39 is 0 Å². The summed E-state index contributed by atoms with van der Waals surface area (Å²) in [6, 6.07) is 7.86. The molecule has 8 heteroatoms. The van der Waals surface area contributed by atoms with Gasteiger partial charge in [-0.2, -0.15) is 0 Å². The predicted octanol–water partition coefficient (Wildman–Crippen LogP) is 1.53. The van der Waals surface area contributed by atoms with Crippen molar-refractivity contribution in [3.05, 3.63) is 35.7 Å². The van der Waals surface area contributed by atoms with Crippen molar-refractivity contribution in [3.63, 3.8) is 0 Å². The Labute approximate surface area is 166 Å². The van der Waals surface area contributed by atoms with E-state index in [0.29, 0.717) is 18.0 Å². The van der Waals surface area contributed by atoms with Crippen molar-refractivity contribution >= 4 is 11.6 Å². The molecule has 2 N–H and O–H groups in total. The van der Waals surface area contributed by atoms with Gasteiger partial charge in [0.05, 0.1) is 20.8 Å². The van der Waals surface area contributed by atoms with Crippen LogP contribution in [-0.4, -0.2) is 73.5 Å². The van der Waals surface area contributed by atoms with E-state index in [0.717, 1.165) is 55.7 Å². The van der Waals surface area contributed by atoms with E-state index in [9.17, 15) is 0 Å². The van der Waals surface area contributed by atoms with Gasteiger partial charge in [-0.3, -0.25) is 4.90 Å². The molecule has 1 aromatic heterocycles. The van der Waals surface area contributed by atoms with Crippen molar-refractivity contribution in [2.24, 2.45) is 0 Å². The van der Waals surface area contributed by atoms with Crippen LogP contribution in [0, 0.1) is 6.92 Å². The normalized spacial score (nSPS) is 14.8. The van der Waals surface area contributed by atoms with E-state index >= 15 is 0 Å². The first-order valence-corrected chi connectivity index (χ1v) is 9.51. The van der Waals surface area contributed by atoms with Crippen molar-refractivity contribution in [2.75, 3.05) is 63.8 Å². The van der Waals surface area contributed by atoms with Crippen LogP contribution in [0.2, 0.25) is 0 Å². The summed E-state index contributed by atoms with van der Waals surface area (Å²) in [7, 11) is 3.26. The Morgan fingerprint density at radius 3 is 2.46 bits per heavy atom. The standard InChI is InChI=1S/C20H29N5O3/c1-15-22-19(21-14-16-4-5-17(27-2)18(12-16)28-3)13-20(23-15)25-8-6-24(7-9-25)10-11-26/h4-5,12-13,26H,6-11,14H2,1-3H3,(H,21,22,23). The van der Waals surface area contributed by atoms with E-state index in [1.54, 1.807) is 14.2 Å². The molecule has 0 atom stereocenters. The minimum Gasteiger partial charge on any atom is -0.493 e. The van der Waals surface area contributed by atoms with Crippen LogP contribution in [-0.2, 0) is 6.54 Å². The molecule has 0 unspecified atom stereocenters. The summed E-state index contributed by atoms with van der Waals surface area (Å²) in [5.41, 5.74) is 1.08. The van der Waals surface area contributed by atoms with Gasteiger partial charge in [-0.25, -0.2) is 9.97 Å².